The summed E-state index contributed by atoms with van der Waals surface area (Å²) in [5, 5.41) is 23.3. The van der Waals surface area contributed by atoms with Gasteiger partial charge in [0.05, 0.1) is 21.4 Å². The molecule has 0 aliphatic heterocycles. The third kappa shape index (κ3) is 5.93. The number of carbonyl (C=O) groups is 2. The van der Waals surface area contributed by atoms with Crippen LogP contribution < -0.4 is 21.5 Å². The Balaban J connectivity index is 1.46. The summed E-state index contributed by atoms with van der Waals surface area (Å²) < 4.78 is 1.23. The van der Waals surface area contributed by atoms with Crippen molar-refractivity contribution in [2.45, 2.75) is 32.4 Å². The Morgan fingerprint density at radius 2 is 1.75 bits per heavy atom. The number of pyridine rings is 1. The highest BCUT2D eigenvalue weighted by molar-refractivity contribution is 6.39. The zero-order valence-corrected chi connectivity index (χ0v) is 22.8. The molecule has 204 valence electrons. The van der Waals surface area contributed by atoms with Gasteiger partial charge in [-0.2, -0.15) is 5.10 Å². The molecule has 0 atom stereocenters. The number of carbonyl (C=O) groups excluding carboxylic acids is 2. The Bertz CT molecular complexity index is 1670. The van der Waals surface area contributed by atoms with Crippen molar-refractivity contribution < 1.29 is 14.7 Å². The molecule has 40 heavy (non-hydrogen) atoms. The molecule has 2 heterocycles. The quantitative estimate of drug-likeness (QED) is 0.227. The fourth-order valence-corrected chi connectivity index (χ4v) is 4.49. The van der Waals surface area contributed by atoms with Gasteiger partial charge in [0, 0.05) is 41.7 Å². The van der Waals surface area contributed by atoms with Crippen LogP contribution in [-0.2, 0) is 6.54 Å². The SMILES string of the molecule is CCn1nc(-c2cccc(-c3cc(C(=O)NC4CC4)ccc3O)c2)cc(NC(=O)Nc2c(Cl)cncc2Cl)c1=O. The molecule has 4 aromatic rings. The largest absolute Gasteiger partial charge is 0.507 e. The second-order valence-electron chi connectivity index (χ2n) is 9.18. The minimum Gasteiger partial charge on any atom is -0.507 e. The monoisotopic (exact) mass is 578 g/mol. The number of rotatable bonds is 7. The molecule has 0 saturated heterocycles. The lowest BCUT2D eigenvalue weighted by molar-refractivity contribution is 0.0951. The summed E-state index contributed by atoms with van der Waals surface area (Å²) in [4.78, 5) is 42.1. The van der Waals surface area contributed by atoms with Crippen LogP contribution in [0.4, 0.5) is 16.2 Å². The molecule has 0 unspecified atom stereocenters. The molecule has 2 aromatic carbocycles. The zero-order chi connectivity index (χ0) is 28.4. The number of nitrogens with zero attached hydrogens (tertiary/aromatic N) is 3. The first kappa shape index (κ1) is 27.2. The fraction of sp³-hybridized carbons (Fsp3) is 0.179. The second-order valence-corrected chi connectivity index (χ2v) is 10.00. The molecule has 3 amide bonds. The van der Waals surface area contributed by atoms with Crippen LogP contribution >= 0.6 is 23.2 Å². The van der Waals surface area contributed by atoms with Crippen molar-refractivity contribution in [2.75, 3.05) is 10.6 Å². The number of phenolic OH excluding ortho intramolecular Hbond substituents is 1. The molecular formula is C28H24Cl2N6O4. The van der Waals surface area contributed by atoms with E-state index in [1.807, 2.05) is 0 Å². The van der Waals surface area contributed by atoms with Crippen molar-refractivity contribution in [3.63, 3.8) is 0 Å². The average Bonchev–Trinajstić information content (AvgIpc) is 3.76. The van der Waals surface area contributed by atoms with E-state index in [0.29, 0.717) is 27.9 Å². The van der Waals surface area contributed by atoms with Gasteiger partial charge in [0.15, 0.2) is 0 Å². The number of halogens is 2. The highest BCUT2D eigenvalue weighted by Crippen LogP contribution is 2.33. The van der Waals surface area contributed by atoms with Gasteiger partial charge < -0.3 is 21.1 Å². The minimum atomic E-state index is -0.730. The Labute approximate surface area is 239 Å². The van der Waals surface area contributed by atoms with Crippen LogP contribution in [0.25, 0.3) is 22.4 Å². The first-order chi connectivity index (χ1) is 19.2. The number of hydrogen-bond acceptors (Lipinski definition) is 6. The minimum absolute atomic E-state index is 0.0130. The first-order valence-electron chi connectivity index (χ1n) is 12.5. The average molecular weight is 579 g/mol. The summed E-state index contributed by atoms with van der Waals surface area (Å²) in [5.41, 5.74) is 2.21. The van der Waals surface area contributed by atoms with E-state index in [0.717, 1.165) is 12.8 Å². The van der Waals surface area contributed by atoms with Crippen LogP contribution in [0.5, 0.6) is 5.75 Å². The molecule has 0 spiro atoms. The summed E-state index contributed by atoms with van der Waals surface area (Å²) in [7, 11) is 0. The van der Waals surface area contributed by atoms with Gasteiger partial charge in [-0.15, -0.1) is 0 Å². The van der Waals surface area contributed by atoms with Crippen LogP contribution in [0.2, 0.25) is 10.0 Å². The van der Waals surface area contributed by atoms with Crippen LogP contribution in [0.1, 0.15) is 30.1 Å². The molecule has 5 rings (SSSR count). The summed E-state index contributed by atoms with van der Waals surface area (Å²) in [6.07, 6.45) is 4.60. The lowest BCUT2D eigenvalue weighted by Crippen LogP contribution is -2.29. The summed E-state index contributed by atoms with van der Waals surface area (Å²) in [6, 6.07) is 12.8. The van der Waals surface area contributed by atoms with Crippen molar-refractivity contribution in [1.29, 1.82) is 0 Å². The maximum absolute atomic E-state index is 12.9. The van der Waals surface area contributed by atoms with Gasteiger partial charge >= 0.3 is 6.03 Å². The third-order valence-electron chi connectivity index (χ3n) is 6.25. The molecule has 0 bridgehead atoms. The number of amides is 3. The number of hydrogen-bond donors (Lipinski definition) is 4. The smallest absolute Gasteiger partial charge is 0.323 e. The zero-order valence-electron chi connectivity index (χ0n) is 21.2. The standard InChI is InChI=1S/C28H24Cl2N6O4/c1-2-36-27(39)23(33-28(40)34-25-20(29)13-31-14-21(25)30)12-22(35-36)16-5-3-4-15(10-16)19-11-17(6-9-24(19)37)26(38)32-18-7-8-18/h3-6,9-14,18,37H,2,7-8H2,1H3,(H,32,38)(H2,31,33,34,40). The van der Waals surface area contributed by atoms with E-state index in [1.54, 1.807) is 43.3 Å². The van der Waals surface area contributed by atoms with Crippen molar-refractivity contribution >= 4 is 46.5 Å². The van der Waals surface area contributed by atoms with Crippen molar-refractivity contribution in [1.82, 2.24) is 20.1 Å². The van der Waals surface area contributed by atoms with Gasteiger partial charge in [-0.3, -0.25) is 14.6 Å². The normalized spacial score (nSPS) is 12.6. The second kappa shape index (κ2) is 11.4. The molecule has 1 saturated carbocycles. The molecule has 4 N–H and O–H groups in total. The number of aryl methyl sites for hydroxylation is 1. The Kier molecular flexibility index (Phi) is 7.72. The molecule has 1 fully saturated rings. The summed E-state index contributed by atoms with van der Waals surface area (Å²) in [6.45, 7) is 2.01. The van der Waals surface area contributed by atoms with Gasteiger partial charge in [-0.25, -0.2) is 9.48 Å². The number of benzene rings is 2. The molecule has 1 aliphatic rings. The van der Waals surface area contributed by atoms with E-state index in [-0.39, 0.29) is 45.7 Å². The first-order valence-corrected chi connectivity index (χ1v) is 13.2. The van der Waals surface area contributed by atoms with E-state index in [1.165, 1.54) is 29.2 Å². The Morgan fingerprint density at radius 1 is 1.02 bits per heavy atom. The van der Waals surface area contributed by atoms with E-state index in [4.69, 9.17) is 23.2 Å². The summed E-state index contributed by atoms with van der Waals surface area (Å²) in [5.74, 6) is -0.181. The maximum atomic E-state index is 12.9. The van der Waals surface area contributed by atoms with Gasteiger partial charge in [0.25, 0.3) is 11.5 Å². The van der Waals surface area contributed by atoms with E-state index in [2.05, 4.69) is 26.0 Å². The van der Waals surface area contributed by atoms with Crippen LogP contribution in [-0.4, -0.2) is 37.9 Å². The fourth-order valence-electron chi connectivity index (χ4n) is 4.04. The van der Waals surface area contributed by atoms with Crippen LogP contribution in [0, 0.1) is 0 Å². The highest BCUT2D eigenvalue weighted by atomic mass is 35.5. The van der Waals surface area contributed by atoms with E-state index in [9.17, 15) is 19.5 Å². The van der Waals surface area contributed by atoms with Gasteiger partial charge in [-0.1, -0.05) is 41.4 Å². The van der Waals surface area contributed by atoms with E-state index < -0.39 is 11.6 Å². The molecule has 2 aromatic heterocycles. The summed E-state index contributed by atoms with van der Waals surface area (Å²) >= 11 is 12.2. The van der Waals surface area contributed by atoms with Gasteiger partial charge in [0.2, 0.25) is 0 Å². The Morgan fingerprint density at radius 3 is 2.45 bits per heavy atom. The van der Waals surface area contributed by atoms with Gasteiger partial charge in [-0.05, 0) is 55.7 Å². The molecule has 10 nitrogen and oxygen atoms in total. The van der Waals surface area contributed by atoms with Crippen LogP contribution in [0.15, 0.2) is 65.7 Å². The van der Waals surface area contributed by atoms with Crippen LogP contribution in [0.3, 0.4) is 0 Å². The van der Waals surface area contributed by atoms with E-state index >= 15 is 0 Å². The molecule has 12 heteroatoms. The molecule has 0 radical (unpaired) electrons. The lowest BCUT2D eigenvalue weighted by atomic mass is 9.98. The molecular weight excluding hydrogens is 555 g/mol. The number of aromatic nitrogens is 3. The maximum Gasteiger partial charge on any atom is 0.323 e. The molecule has 1 aliphatic carbocycles. The predicted octanol–water partition coefficient (Wildman–Crippen LogP) is 5.54. The number of anilines is 2. The lowest BCUT2D eigenvalue weighted by Gasteiger charge is -2.13. The van der Waals surface area contributed by atoms with Crippen molar-refractivity contribution in [2.24, 2.45) is 0 Å². The number of aromatic hydroxyl groups is 1. The van der Waals surface area contributed by atoms with Crippen molar-refractivity contribution in [3.05, 3.63) is 86.9 Å². The van der Waals surface area contributed by atoms with Crippen molar-refractivity contribution in [3.8, 4) is 28.1 Å². The highest BCUT2D eigenvalue weighted by Gasteiger charge is 2.24. The van der Waals surface area contributed by atoms with Gasteiger partial charge in [0.1, 0.15) is 11.4 Å². The topological polar surface area (TPSA) is 138 Å². The third-order valence-corrected chi connectivity index (χ3v) is 6.83. The number of phenols is 1. The number of nitrogens with one attached hydrogen (secondary N) is 3. The number of urea groups is 1. The Hall–Kier alpha value is -4.41. The predicted molar refractivity (Wildman–Crippen MR) is 154 cm³/mol.